The molecule has 126 valence electrons. The van der Waals surface area contributed by atoms with Crippen LogP contribution in [-0.4, -0.2) is 62.1 Å². The van der Waals surface area contributed by atoms with Gasteiger partial charge in [0.2, 0.25) is 5.91 Å². The highest BCUT2D eigenvalue weighted by molar-refractivity contribution is 5.76. The highest BCUT2D eigenvalue weighted by Gasteiger charge is 2.41. The van der Waals surface area contributed by atoms with Crippen LogP contribution in [-0.2, 0) is 9.53 Å². The third kappa shape index (κ3) is 3.83. The molecule has 0 spiro atoms. The molecular formula is C18H32N2O2. The van der Waals surface area contributed by atoms with Crippen LogP contribution in [0.15, 0.2) is 0 Å². The number of ether oxygens (including phenoxy) is 1. The van der Waals surface area contributed by atoms with Crippen LogP contribution in [0.4, 0.5) is 0 Å². The van der Waals surface area contributed by atoms with Crippen molar-refractivity contribution in [2.75, 3.05) is 40.3 Å². The first kappa shape index (κ1) is 16.3. The van der Waals surface area contributed by atoms with Crippen LogP contribution >= 0.6 is 0 Å². The quantitative estimate of drug-likeness (QED) is 0.799. The maximum atomic E-state index is 11.9. The predicted molar refractivity (Wildman–Crippen MR) is 87.7 cm³/mol. The smallest absolute Gasteiger partial charge is 0.224 e. The Labute approximate surface area is 135 Å². The standard InChI is InChI=1S/C18H32N2O2/c1-19(2)18(21)10-17-16-8-9-20(12-15(16)13-22-17)11-14-6-4-3-5-7-14/h14-17H,3-13H2,1-2H3/t15-,16-,17+/m1/s1. The molecule has 1 aliphatic carbocycles. The van der Waals surface area contributed by atoms with Gasteiger partial charge in [0.1, 0.15) is 0 Å². The second kappa shape index (κ2) is 7.31. The van der Waals surface area contributed by atoms with Crippen LogP contribution in [0.1, 0.15) is 44.9 Å². The van der Waals surface area contributed by atoms with Gasteiger partial charge in [0.15, 0.2) is 0 Å². The fraction of sp³-hybridized carbons (Fsp3) is 0.944. The lowest BCUT2D eigenvalue weighted by Gasteiger charge is -2.38. The molecular weight excluding hydrogens is 276 g/mol. The Hall–Kier alpha value is -0.610. The summed E-state index contributed by atoms with van der Waals surface area (Å²) in [6.45, 7) is 4.54. The highest BCUT2D eigenvalue weighted by atomic mass is 16.5. The van der Waals surface area contributed by atoms with Gasteiger partial charge in [-0.25, -0.2) is 0 Å². The molecule has 4 nitrogen and oxygen atoms in total. The van der Waals surface area contributed by atoms with Gasteiger partial charge >= 0.3 is 0 Å². The minimum Gasteiger partial charge on any atom is -0.377 e. The van der Waals surface area contributed by atoms with Crippen LogP contribution in [0.2, 0.25) is 0 Å². The number of rotatable bonds is 4. The summed E-state index contributed by atoms with van der Waals surface area (Å²) in [7, 11) is 3.67. The molecule has 2 saturated heterocycles. The van der Waals surface area contributed by atoms with Gasteiger partial charge in [0, 0.05) is 33.1 Å². The summed E-state index contributed by atoms with van der Waals surface area (Å²) in [5.41, 5.74) is 0. The maximum absolute atomic E-state index is 11.9. The first-order valence-corrected chi connectivity index (χ1v) is 9.17. The van der Waals surface area contributed by atoms with Gasteiger partial charge in [-0.1, -0.05) is 19.3 Å². The molecule has 0 unspecified atom stereocenters. The van der Waals surface area contributed by atoms with Crippen molar-refractivity contribution in [1.82, 2.24) is 9.80 Å². The fourth-order valence-electron chi connectivity index (χ4n) is 4.63. The zero-order valence-corrected chi connectivity index (χ0v) is 14.3. The Kier molecular flexibility index (Phi) is 5.40. The number of hydrogen-bond acceptors (Lipinski definition) is 3. The van der Waals surface area contributed by atoms with Gasteiger partial charge in [-0.05, 0) is 37.6 Å². The van der Waals surface area contributed by atoms with Gasteiger partial charge in [0.25, 0.3) is 0 Å². The van der Waals surface area contributed by atoms with Crippen LogP contribution < -0.4 is 0 Å². The number of nitrogens with zero attached hydrogens (tertiary/aromatic N) is 2. The van der Waals surface area contributed by atoms with Gasteiger partial charge in [-0.2, -0.15) is 0 Å². The number of carbonyl (C=O) groups excluding carboxylic acids is 1. The Balaban J connectivity index is 1.47. The summed E-state index contributed by atoms with van der Waals surface area (Å²) >= 11 is 0. The first-order valence-electron chi connectivity index (χ1n) is 9.17. The van der Waals surface area contributed by atoms with E-state index in [1.165, 1.54) is 58.2 Å². The number of likely N-dealkylation sites (tertiary alicyclic amines) is 1. The van der Waals surface area contributed by atoms with E-state index in [4.69, 9.17) is 4.74 Å². The Morgan fingerprint density at radius 3 is 2.68 bits per heavy atom. The number of fused-ring (bicyclic) bond motifs is 1. The van der Waals surface area contributed by atoms with Crippen LogP contribution in [0, 0.1) is 17.8 Å². The average molecular weight is 308 g/mol. The minimum absolute atomic E-state index is 0.164. The summed E-state index contributed by atoms with van der Waals surface area (Å²) in [5.74, 6) is 2.39. The second-order valence-electron chi connectivity index (χ2n) is 7.84. The van der Waals surface area contributed by atoms with Crippen LogP contribution in [0.3, 0.4) is 0 Å². The van der Waals surface area contributed by atoms with Crippen molar-refractivity contribution in [3.63, 3.8) is 0 Å². The van der Waals surface area contributed by atoms with Gasteiger partial charge in [-0.15, -0.1) is 0 Å². The molecule has 0 aromatic rings. The van der Waals surface area contributed by atoms with Gasteiger partial charge in [-0.3, -0.25) is 4.79 Å². The molecule has 2 heterocycles. The lowest BCUT2D eigenvalue weighted by Crippen LogP contribution is -2.44. The van der Waals surface area contributed by atoms with Crippen LogP contribution in [0.25, 0.3) is 0 Å². The average Bonchev–Trinajstić information content (AvgIpc) is 2.90. The summed E-state index contributed by atoms with van der Waals surface area (Å²) in [6.07, 6.45) is 9.11. The molecule has 3 aliphatic rings. The molecule has 1 saturated carbocycles. The summed E-state index contributed by atoms with van der Waals surface area (Å²) in [5, 5.41) is 0. The van der Waals surface area contributed by atoms with Gasteiger partial charge in [0.05, 0.1) is 19.1 Å². The number of piperidine rings is 1. The maximum Gasteiger partial charge on any atom is 0.224 e. The molecule has 3 atom stereocenters. The topological polar surface area (TPSA) is 32.8 Å². The van der Waals surface area contributed by atoms with Crippen molar-refractivity contribution in [3.8, 4) is 0 Å². The molecule has 0 radical (unpaired) electrons. The first-order chi connectivity index (χ1) is 10.6. The highest BCUT2D eigenvalue weighted by Crippen LogP contribution is 2.37. The van der Waals surface area contributed by atoms with Crippen molar-refractivity contribution in [1.29, 1.82) is 0 Å². The third-order valence-corrected chi connectivity index (χ3v) is 5.99. The summed E-state index contributed by atoms with van der Waals surface area (Å²) in [6, 6.07) is 0. The molecule has 3 fully saturated rings. The molecule has 0 bridgehead atoms. The van der Waals surface area contributed by atoms with E-state index in [9.17, 15) is 4.79 Å². The van der Waals surface area contributed by atoms with E-state index in [1.54, 1.807) is 4.90 Å². The molecule has 3 rings (SSSR count). The van der Waals surface area contributed by atoms with Crippen molar-refractivity contribution in [3.05, 3.63) is 0 Å². The van der Waals surface area contributed by atoms with Crippen molar-refractivity contribution in [2.24, 2.45) is 17.8 Å². The normalized spacial score (nSPS) is 33.6. The van der Waals surface area contributed by atoms with E-state index in [2.05, 4.69) is 4.90 Å². The SMILES string of the molecule is CN(C)C(=O)C[C@@H]1OC[C@H]2CN(CC3CCCCC3)CC[C@H]21. The monoisotopic (exact) mass is 308 g/mol. The largest absolute Gasteiger partial charge is 0.377 e. The predicted octanol–water partition coefficient (Wildman–Crippen LogP) is 2.38. The number of hydrogen-bond donors (Lipinski definition) is 0. The Bertz CT molecular complexity index is 379. The van der Waals surface area contributed by atoms with Crippen LogP contribution in [0.5, 0.6) is 0 Å². The fourth-order valence-corrected chi connectivity index (χ4v) is 4.63. The van der Waals surface area contributed by atoms with E-state index in [1.807, 2.05) is 14.1 Å². The Morgan fingerprint density at radius 2 is 1.95 bits per heavy atom. The molecule has 0 aromatic carbocycles. The minimum atomic E-state index is 0.164. The summed E-state index contributed by atoms with van der Waals surface area (Å²) < 4.78 is 5.98. The lowest BCUT2D eigenvalue weighted by molar-refractivity contribution is -0.131. The molecule has 0 aromatic heterocycles. The molecule has 4 heteroatoms. The zero-order valence-electron chi connectivity index (χ0n) is 14.3. The lowest BCUT2D eigenvalue weighted by atomic mass is 9.82. The van der Waals surface area contributed by atoms with E-state index < -0.39 is 0 Å². The number of amides is 1. The van der Waals surface area contributed by atoms with E-state index in [0.29, 0.717) is 18.3 Å². The Morgan fingerprint density at radius 1 is 1.18 bits per heavy atom. The molecule has 0 N–H and O–H groups in total. The van der Waals surface area contributed by atoms with Crippen molar-refractivity contribution >= 4 is 5.91 Å². The third-order valence-electron chi connectivity index (χ3n) is 5.99. The van der Waals surface area contributed by atoms with E-state index in [0.717, 1.165) is 12.5 Å². The number of carbonyl (C=O) groups is 1. The van der Waals surface area contributed by atoms with Crippen molar-refractivity contribution < 1.29 is 9.53 Å². The van der Waals surface area contributed by atoms with Gasteiger partial charge < -0.3 is 14.5 Å². The van der Waals surface area contributed by atoms with Crippen molar-refractivity contribution in [2.45, 2.75) is 51.0 Å². The zero-order chi connectivity index (χ0) is 15.5. The van der Waals surface area contributed by atoms with E-state index in [-0.39, 0.29) is 12.0 Å². The summed E-state index contributed by atoms with van der Waals surface area (Å²) in [4.78, 5) is 16.3. The molecule has 2 aliphatic heterocycles. The molecule has 22 heavy (non-hydrogen) atoms. The molecule has 1 amide bonds. The van der Waals surface area contributed by atoms with E-state index >= 15 is 0 Å². The second-order valence-corrected chi connectivity index (χ2v) is 7.84.